The maximum absolute atomic E-state index is 10.9. The van der Waals surface area contributed by atoms with Crippen LogP contribution in [-0.2, 0) is 5.60 Å². The Morgan fingerprint density at radius 1 is 0.950 bits per heavy atom. The van der Waals surface area contributed by atoms with Gasteiger partial charge in [-0.05, 0) is 51.0 Å². The minimum absolute atomic E-state index is 0.646. The fourth-order valence-electron chi connectivity index (χ4n) is 2.46. The van der Waals surface area contributed by atoms with E-state index in [0.717, 1.165) is 28.0 Å². The topological polar surface area (TPSA) is 29.5 Å². The van der Waals surface area contributed by atoms with E-state index in [0.29, 0.717) is 6.61 Å². The molecule has 2 heteroatoms. The summed E-state index contributed by atoms with van der Waals surface area (Å²) < 4.78 is 5.44. The van der Waals surface area contributed by atoms with E-state index >= 15 is 0 Å². The van der Waals surface area contributed by atoms with Crippen LogP contribution in [0.1, 0.15) is 36.1 Å². The number of aryl methyl sites for hydroxylation is 2. The lowest BCUT2D eigenvalue weighted by Gasteiger charge is -2.25. The SMILES string of the molecule is CCOc1ccc(C(C)(O)c2cc(C)cc(C)c2)cc1. The second-order valence-electron chi connectivity index (χ2n) is 5.41. The van der Waals surface area contributed by atoms with Crippen molar-refractivity contribution in [2.45, 2.75) is 33.3 Å². The second-order valence-corrected chi connectivity index (χ2v) is 5.41. The monoisotopic (exact) mass is 270 g/mol. The molecule has 1 atom stereocenters. The van der Waals surface area contributed by atoms with Gasteiger partial charge in [-0.25, -0.2) is 0 Å². The van der Waals surface area contributed by atoms with Crippen LogP contribution in [0, 0.1) is 13.8 Å². The van der Waals surface area contributed by atoms with Gasteiger partial charge in [-0.2, -0.15) is 0 Å². The predicted molar refractivity (Wildman–Crippen MR) is 82.2 cm³/mol. The molecule has 1 N–H and O–H groups in total. The van der Waals surface area contributed by atoms with E-state index in [9.17, 15) is 5.11 Å². The third-order valence-electron chi connectivity index (χ3n) is 3.51. The van der Waals surface area contributed by atoms with Crippen LogP contribution in [0.25, 0.3) is 0 Å². The Bertz CT molecular complexity index is 563. The predicted octanol–water partition coefficient (Wildman–Crippen LogP) is 3.96. The van der Waals surface area contributed by atoms with E-state index in [4.69, 9.17) is 4.74 Å². The zero-order valence-electron chi connectivity index (χ0n) is 12.6. The van der Waals surface area contributed by atoms with Crippen molar-refractivity contribution < 1.29 is 9.84 Å². The Labute approximate surface area is 121 Å². The summed E-state index contributed by atoms with van der Waals surface area (Å²) in [5, 5.41) is 10.9. The van der Waals surface area contributed by atoms with Crippen molar-refractivity contribution in [3.05, 3.63) is 64.7 Å². The first-order valence-corrected chi connectivity index (χ1v) is 6.98. The fraction of sp³-hybridized carbons (Fsp3) is 0.333. The van der Waals surface area contributed by atoms with Gasteiger partial charge in [0.25, 0.3) is 0 Å². The smallest absolute Gasteiger partial charge is 0.119 e. The van der Waals surface area contributed by atoms with Crippen molar-refractivity contribution in [2.24, 2.45) is 0 Å². The fourth-order valence-corrected chi connectivity index (χ4v) is 2.46. The van der Waals surface area contributed by atoms with Crippen LogP contribution in [0.2, 0.25) is 0 Å². The molecular weight excluding hydrogens is 248 g/mol. The van der Waals surface area contributed by atoms with Crippen molar-refractivity contribution in [3.8, 4) is 5.75 Å². The van der Waals surface area contributed by atoms with E-state index in [1.54, 1.807) is 0 Å². The van der Waals surface area contributed by atoms with Crippen LogP contribution in [-0.4, -0.2) is 11.7 Å². The molecule has 0 saturated carbocycles. The molecule has 106 valence electrons. The minimum atomic E-state index is -0.998. The van der Waals surface area contributed by atoms with Gasteiger partial charge in [0, 0.05) is 0 Å². The maximum Gasteiger partial charge on any atom is 0.119 e. The Morgan fingerprint density at radius 2 is 1.50 bits per heavy atom. The number of rotatable bonds is 4. The average Bonchev–Trinajstić information content (AvgIpc) is 2.38. The third kappa shape index (κ3) is 3.02. The third-order valence-corrected chi connectivity index (χ3v) is 3.51. The molecule has 2 aromatic rings. The zero-order valence-corrected chi connectivity index (χ0v) is 12.6. The molecule has 2 aromatic carbocycles. The summed E-state index contributed by atoms with van der Waals surface area (Å²) in [5.74, 6) is 0.826. The van der Waals surface area contributed by atoms with Gasteiger partial charge >= 0.3 is 0 Å². The van der Waals surface area contributed by atoms with Crippen molar-refractivity contribution in [1.82, 2.24) is 0 Å². The van der Waals surface area contributed by atoms with Crippen LogP contribution in [0.4, 0.5) is 0 Å². The maximum atomic E-state index is 10.9. The summed E-state index contributed by atoms with van der Waals surface area (Å²) in [6, 6.07) is 13.8. The lowest BCUT2D eigenvalue weighted by atomic mass is 9.86. The van der Waals surface area contributed by atoms with Crippen LogP contribution in [0.5, 0.6) is 5.75 Å². The van der Waals surface area contributed by atoms with Crippen molar-refractivity contribution >= 4 is 0 Å². The van der Waals surface area contributed by atoms with Gasteiger partial charge in [0.2, 0.25) is 0 Å². The molecule has 0 amide bonds. The largest absolute Gasteiger partial charge is 0.494 e. The van der Waals surface area contributed by atoms with Gasteiger partial charge in [0.1, 0.15) is 11.4 Å². The molecule has 0 aliphatic carbocycles. The molecule has 0 spiro atoms. The number of aliphatic hydroxyl groups is 1. The normalized spacial score (nSPS) is 13.8. The van der Waals surface area contributed by atoms with E-state index in [1.807, 2.05) is 64.1 Å². The van der Waals surface area contributed by atoms with Gasteiger partial charge in [-0.15, -0.1) is 0 Å². The first-order valence-electron chi connectivity index (χ1n) is 6.98. The molecule has 1 unspecified atom stereocenters. The summed E-state index contributed by atoms with van der Waals surface area (Å²) in [6.45, 7) is 8.53. The molecule has 2 rings (SSSR count). The lowest BCUT2D eigenvalue weighted by molar-refractivity contribution is 0.102. The summed E-state index contributed by atoms with van der Waals surface area (Å²) in [6.07, 6.45) is 0. The molecule has 0 aromatic heterocycles. The van der Waals surface area contributed by atoms with E-state index < -0.39 is 5.60 Å². The van der Waals surface area contributed by atoms with Crippen LogP contribution in [0.15, 0.2) is 42.5 Å². The van der Waals surface area contributed by atoms with Gasteiger partial charge in [0.15, 0.2) is 0 Å². The van der Waals surface area contributed by atoms with Crippen molar-refractivity contribution in [3.63, 3.8) is 0 Å². The Morgan fingerprint density at radius 3 is 2.00 bits per heavy atom. The Hall–Kier alpha value is -1.80. The molecule has 0 aliphatic rings. The quantitative estimate of drug-likeness (QED) is 0.911. The molecular formula is C18H22O2. The van der Waals surface area contributed by atoms with E-state index in [-0.39, 0.29) is 0 Å². The lowest BCUT2D eigenvalue weighted by Crippen LogP contribution is -2.23. The Balaban J connectivity index is 2.37. The summed E-state index contributed by atoms with van der Waals surface area (Å²) in [4.78, 5) is 0. The van der Waals surface area contributed by atoms with E-state index in [1.165, 1.54) is 0 Å². The highest BCUT2D eigenvalue weighted by atomic mass is 16.5. The first-order chi connectivity index (χ1) is 9.43. The molecule has 0 fully saturated rings. The number of hydrogen-bond donors (Lipinski definition) is 1. The molecule has 0 heterocycles. The van der Waals surface area contributed by atoms with Crippen LogP contribution < -0.4 is 4.74 Å². The van der Waals surface area contributed by atoms with E-state index in [2.05, 4.69) is 6.07 Å². The highest BCUT2D eigenvalue weighted by molar-refractivity contribution is 5.41. The number of ether oxygens (including phenoxy) is 1. The van der Waals surface area contributed by atoms with Crippen molar-refractivity contribution in [1.29, 1.82) is 0 Å². The highest BCUT2D eigenvalue weighted by Crippen LogP contribution is 2.31. The average molecular weight is 270 g/mol. The Kier molecular flexibility index (Phi) is 4.15. The van der Waals surface area contributed by atoms with Crippen LogP contribution in [0.3, 0.4) is 0 Å². The van der Waals surface area contributed by atoms with Crippen molar-refractivity contribution in [2.75, 3.05) is 6.61 Å². The molecule has 0 bridgehead atoms. The summed E-state index contributed by atoms with van der Waals surface area (Å²) in [5.41, 5.74) is 3.10. The van der Waals surface area contributed by atoms with Gasteiger partial charge in [-0.3, -0.25) is 0 Å². The highest BCUT2D eigenvalue weighted by Gasteiger charge is 2.25. The zero-order chi connectivity index (χ0) is 14.8. The van der Waals surface area contributed by atoms with Gasteiger partial charge in [0.05, 0.1) is 6.61 Å². The minimum Gasteiger partial charge on any atom is -0.494 e. The number of benzene rings is 2. The molecule has 0 radical (unpaired) electrons. The molecule has 0 saturated heterocycles. The van der Waals surface area contributed by atoms with Gasteiger partial charge in [-0.1, -0.05) is 41.5 Å². The van der Waals surface area contributed by atoms with Crippen LogP contribution >= 0.6 is 0 Å². The van der Waals surface area contributed by atoms with Gasteiger partial charge < -0.3 is 9.84 Å². The molecule has 2 nitrogen and oxygen atoms in total. The first kappa shape index (κ1) is 14.6. The second kappa shape index (κ2) is 5.68. The molecule has 20 heavy (non-hydrogen) atoms. The summed E-state index contributed by atoms with van der Waals surface area (Å²) >= 11 is 0. The standard InChI is InChI=1S/C18H22O2/c1-5-20-17-8-6-15(7-9-17)18(4,19)16-11-13(2)10-14(3)12-16/h6-12,19H,5H2,1-4H3. The molecule has 0 aliphatic heterocycles. The summed E-state index contributed by atoms with van der Waals surface area (Å²) in [7, 11) is 0. The number of hydrogen-bond acceptors (Lipinski definition) is 2.